The fourth-order valence-electron chi connectivity index (χ4n) is 9.77. The molecule has 0 spiro atoms. The van der Waals surface area contributed by atoms with Crippen molar-refractivity contribution < 1.29 is 15.0 Å². The summed E-state index contributed by atoms with van der Waals surface area (Å²) in [5.74, 6) is -0.0599. The van der Waals surface area contributed by atoms with Gasteiger partial charge in [0.25, 0.3) is 0 Å². The van der Waals surface area contributed by atoms with Crippen molar-refractivity contribution in [3.05, 3.63) is 85.1 Å². The van der Waals surface area contributed by atoms with Gasteiger partial charge in [-0.1, -0.05) is 336 Å². The van der Waals surface area contributed by atoms with E-state index in [1.807, 2.05) is 6.08 Å². The lowest BCUT2D eigenvalue weighted by atomic mass is 10.0. The van der Waals surface area contributed by atoms with Crippen LogP contribution in [0.1, 0.15) is 328 Å². The number of hydrogen-bond acceptors (Lipinski definition) is 3. The van der Waals surface area contributed by atoms with Crippen molar-refractivity contribution in [3.63, 3.8) is 0 Å². The van der Waals surface area contributed by atoms with Crippen LogP contribution < -0.4 is 5.32 Å². The lowest BCUT2D eigenvalue weighted by molar-refractivity contribution is -0.123. The van der Waals surface area contributed by atoms with Crippen LogP contribution >= 0.6 is 0 Å². The van der Waals surface area contributed by atoms with Gasteiger partial charge in [-0.2, -0.15) is 0 Å². The van der Waals surface area contributed by atoms with Crippen LogP contribution in [0.3, 0.4) is 0 Å². The second-order valence-electron chi connectivity index (χ2n) is 21.8. The molecule has 2 atom stereocenters. The molecule has 73 heavy (non-hydrogen) atoms. The molecule has 3 N–H and O–H groups in total. The van der Waals surface area contributed by atoms with Crippen LogP contribution in [0.25, 0.3) is 0 Å². The van der Waals surface area contributed by atoms with Crippen LogP contribution in [0.5, 0.6) is 0 Å². The standard InChI is InChI=1S/C69H125NO3/c1-3-5-7-9-11-13-15-17-19-21-23-25-27-28-29-30-31-32-33-34-35-36-37-38-39-40-41-42-43-45-47-49-51-53-55-57-59-61-63-65-69(73)70-67(66-71)68(72)64-62-60-58-56-54-52-50-48-46-44-26-24-22-20-18-16-14-12-10-8-6-4-2/h5,7,11,13,17,19,23,25,28-29,31-32,62,64,67-68,71-72H,3-4,6,8-10,12,14-16,18,20-22,24,26-27,30,33-61,63,65-66H2,1-2H3,(H,70,73)/b7-5-,13-11-,19-17-,25-23-,29-28-,32-31-,64-62+. The van der Waals surface area contributed by atoms with Gasteiger partial charge in [0.15, 0.2) is 0 Å². The molecule has 424 valence electrons. The van der Waals surface area contributed by atoms with E-state index in [-0.39, 0.29) is 12.5 Å². The molecule has 0 aromatic heterocycles. The number of nitrogens with one attached hydrogen (secondary N) is 1. The van der Waals surface area contributed by atoms with Crippen molar-refractivity contribution in [1.82, 2.24) is 5.32 Å². The average Bonchev–Trinajstić information content (AvgIpc) is 3.40. The summed E-state index contributed by atoms with van der Waals surface area (Å²) in [5.41, 5.74) is 0. The predicted molar refractivity (Wildman–Crippen MR) is 327 cm³/mol. The summed E-state index contributed by atoms with van der Waals surface area (Å²) >= 11 is 0. The summed E-state index contributed by atoms with van der Waals surface area (Å²) in [5, 5.41) is 23.2. The van der Waals surface area contributed by atoms with Gasteiger partial charge in [-0.3, -0.25) is 4.79 Å². The number of carbonyl (C=O) groups excluding carboxylic acids is 1. The minimum absolute atomic E-state index is 0.0599. The van der Waals surface area contributed by atoms with Gasteiger partial charge in [0.1, 0.15) is 0 Å². The average molecular weight is 1020 g/mol. The zero-order valence-electron chi connectivity index (χ0n) is 48.9. The molecule has 0 aromatic rings. The fraction of sp³-hybridized carbons (Fsp3) is 0.783. The molecule has 1 amide bonds. The van der Waals surface area contributed by atoms with Crippen molar-refractivity contribution in [2.45, 2.75) is 341 Å². The Bertz CT molecular complexity index is 1290. The maximum atomic E-state index is 12.5. The first-order valence-electron chi connectivity index (χ1n) is 32.3. The monoisotopic (exact) mass is 1020 g/mol. The highest BCUT2D eigenvalue weighted by Crippen LogP contribution is 2.18. The van der Waals surface area contributed by atoms with Crippen molar-refractivity contribution in [3.8, 4) is 0 Å². The van der Waals surface area contributed by atoms with E-state index in [1.54, 1.807) is 6.08 Å². The Hall–Kier alpha value is -2.43. The topological polar surface area (TPSA) is 69.6 Å². The van der Waals surface area contributed by atoms with Gasteiger partial charge in [-0.15, -0.1) is 0 Å². The lowest BCUT2D eigenvalue weighted by Gasteiger charge is -2.20. The Morgan fingerprint density at radius 2 is 0.603 bits per heavy atom. The number of aliphatic hydroxyl groups excluding tert-OH is 2. The van der Waals surface area contributed by atoms with Crippen LogP contribution in [0.4, 0.5) is 0 Å². The highest BCUT2D eigenvalue weighted by atomic mass is 16.3. The number of amides is 1. The number of allylic oxidation sites excluding steroid dienone is 13. The second-order valence-corrected chi connectivity index (χ2v) is 21.8. The summed E-state index contributed by atoms with van der Waals surface area (Å²) in [6.07, 6.45) is 93.5. The quantitative estimate of drug-likeness (QED) is 0.0420. The highest BCUT2D eigenvalue weighted by molar-refractivity contribution is 5.76. The molecule has 0 saturated carbocycles. The van der Waals surface area contributed by atoms with Gasteiger partial charge in [0.05, 0.1) is 18.8 Å². The smallest absolute Gasteiger partial charge is 0.220 e. The molecular formula is C69H125NO3. The Labute approximate surface area is 456 Å². The molecule has 4 heteroatoms. The first-order valence-corrected chi connectivity index (χ1v) is 32.3. The highest BCUT2D eigenvalue weighted by Gasteiger charge is 2.18. The summed E-state index contributed by atoms with van der Waals surface area (Å²) in [6, 6.07) is -0.625. The minimum atomic E-state index is -0.842. The van der Waals surface area contributed by atoms with Crippen LogP contribution in [0.2, 0.25) is 0 Å². The first-order chi connectivity index (χ1) is 36.2. The van der Waals surface area contributed by atoms with Crippen LogP contribution in [-0.2, 0) is 4.79 Å². The molecule has 0 aliphatic carbocycles. The number of rotatable bonds is 59. The van der Waals surface area contributed by atoms with E-state index in [2.05, 4.69) is 92.1 Å². The summed E-state index contributed by atoms with van der Waals surface area (Å²) < 4.78 is 0. The Kier molecular flexibility index (Phi) is 61.7. The number of unbranched alkanes of at least 4 members (excludes halogenated alkanes) is 40. The largest absolute Gasteiger partial charge is 0.394 e. The zero-order valence-corrected chi connectivity index (χ0v) is 48.9. The number of carbonyl (C=O) groups is 1. The SMILES string of the molecule is CC/C=C\C/C=C\C/C=C\C/C=C\C/C=C\C/C=C\CCCCCCCCCCCCCCCCCCCCCCC(=O)NC(CO)C(O)/C=C/CCCCCCCCCCCCCCCCCCCCCC. The normalized spacial score (nSPS) is 13.3. The van der Waals surface area contributed by atoms with Crippen molar-refractivity contribution in [1.29, 1.82) is 0 Å². The number of hydrogen-bond donors (Lipinski definition) is 3. The van der Waals surface area contributed by atoms with Gasteiger partial charge in [0, 0.05) is 6.42 Å². The van der Waals surface area contributed by atoms with Gasteiger partial charge in [-0.25, -0.2) is 0 Å². The Balaban J connectivity index is 3.46. The third kappa shape index (κ3) is 60.3. The molecular weight excluding hydrogens is 891 g/mol. The van der Waals surface area contributed by atoms with Crippen molar-refractivity contribution >= 4 is 5.91 Å². The van der Waals surface area contributed by atoms with Crippen LogP contribution in [-0.4, -0.2) is 34.9 Å². The predicted octanol–water partition coefficient (Wildman–Crippen LogP) is 21.9. The summed E-state index contributed by atoms with van der Waals surface area (Å²) in [4.78, 5) is 12.5. The maximum absolute atomic E-state index is 12.5. The molecule has 0 saturated heterocycles. The molecule has 0 heterocycles. The second kappa shape index (κ2) is 63.9. The molecule has 0 radical (unpaired) electrons. The van der Waals surface area contributed by atoms with Gasteiger partial charge < -0.3 is 15.5 Å². The zero-order chi connectivity index (χ0) is 52.7. The Morgan fingerprint density at radius 3 is 0.904 bits per heavy atom. The van der Waals surface area contributed by atoms with Gasteiger partial charge in [-0.05, 0) is 70.6 Å². The maximum Gasteiger partial charge on any atom is 0.220 e. The van der Waals surface area contributed by atoms with E-state index in [0.717, 1.165) is 64.2 Å². The number of aliphatic hydroxyl groups is 2. The molecule has 0 fully saturated rings. The van der Waals surface area contributed by atoms with E-state index in [0.29, 0.717) is 6.42 Å². The van der Waals surface area contributed by atoms with Crippen LogP contribution in [0, 0.1) is 0 Å². The van der Waals surface area contributed by atoms with E-state index < -0.39 is 12.1 Å². The van der Waals surface area contributed by atoms with Gasteiger partial charge >= 0.3 is 0 Å². The molecule has 0 aliphatic rings. The van der Waals surface area contributed by atoms with E-state index in [9.17, 15) is 15.0 Å². The molecule has 0 aliphatic heterocycles. The van der Waals surface area contributed by atoms with E-state index in [1.165, 1.54) is 244 Å². The van der Waals surface area contributed by atoms with E-state index in [4.69, 9.17) is 0 Å². The minimum Gasteiger partial charge on any atom is -0.394 e. The van der Waals surface area contributed by atoms with E-state index >= 15 is 0 Å². The summed E-state index contributed by atoms with van der Waals surface area (Å²) in [6.45, 7) is 4.22. The molecule has 0 aromatic carbocycles. The molecule has 0 rings (SSSR count). The van der Waals surface area contributed by atoms with Gasteiger partial charge in [0.2, 0.25) is 5.91 Å². The molecule has 2 unspecified atom stereocenters. The first kappa shape index (κ1) is 70.6. The van der Waals surface area contributed by atoms with Crippen LogP contribution in [0.15, 0.2) is 85.1 Å². The molecule has 4 nitrogen and oxygen atoms in total. The third-order valence-corrected chi connectivity index (χ3v) is 14.6. The Morgan fingerprint density at radius 1 is 0.342 bits per heavy atom. The summed E-state index contributed by atoms with van der Waals surface area (Å²) in [7, 11) is 0. The van der Waals surface area contributed by atoms with Crippen molar-refractivity contribution in [2.24, 2.45) is 0 Å². The lowest BCUT2D eigenvalue weighted by Crippen LogP contribution is -2.45. The molecule has 0 bridgehead atoms. The van der Waals surface area contributed by atoms with Crippen molar-refractivity contribution in [2.75, 3.05) is 6.61 Å². The third-order valence-electron chi connectivity index (χ3n) is 14.6. The fourth-order valence-corrected chi connectivity index (χ4v) is 9.77.